The number of anilines is 3. The molecule has 1 unspecified atom stereocenters. The van der Waals surface area contributed by atoms with Crippen LogP contribution >= 0.6 is 0 Å². The van der Waals surface area contributed by atoms with E-state index in [4.69, 9.17) is 30.1 Å². The third-order valence-corrected chi connectivity index (χ3v) is 10.7. The Morgan fingerprint density at radius 1 is 0.914 bits per heavy atom. The Labute approximate surface area is 334 Å². The monoisotopic (exact) mass is 793 g/mol. The average molecular weight is 794 g/mol. The molecule has 3 atom stereocenters. The number of urea groups is 1. The number of nitrogen functional groups attached to an aromatic ring is 1. The van der Waals surface area contributed by atoms with Gasteiger partial charge in [0, 0.05) is 66.5 Å². The lowest BCUT2D eigenvalue weighted by atomic mass is 9.94. The first-order valence-electron chi connectivity index (χ1n) is 19.2. The number of rotatable bonds is 13. The number of nitrogens with one attached hydrogen (secondary N) is 1. The molecule has 14 nitrogen and oxygen atoms in total. The highest BCUT2D eigenvalue weighted by Gasteiger charge is 2.46. The molecule has 3 saturated heterocycles. The van der Waals surface area contributed by atoms with Crippen LogP contribution in [0.4, 0.5) is 30.6 Å². The fraction of sp³-hybridized carbons (Fsp3) is 0.333. The van der Waals surface area contributed by atoms with Crippen molar-refractivity contribution >= 4 is 28.9 Å². The van der Waals surface area contributed by atoms with E-state index in [-0.39, 0.29) is 43.2 Å². The molecule has 3 fully saturated rings. The molecule has 0 saturated carbocycles. The number of nitrogens with zero attached hydrogens (tertiary/aromatic N) is 7. The second-order valence-electron chi connectivity index (χ2n) is 14.8. The van der Waals surface area contributed by atoms with Crippen molar-refractivity contribution in [2.45, 2.75) is 44.6 Å². The van der Waals surface area contributed by atoms with Crippen LogP contribution in [0.1, 0.15) is 25.0 Å². The Hall–Kier alpha value is -6.26. The molecule has 0 radical (unpaired) electrons. The van der Waals surface area contributed by atoms with Crippen LogP contribution in [0.5, 0.6) is 11.5 Å². The lowest BCUT2D eigenvalue weighted by Crippen LogP contribution is -2.46. The Morgan fingerprint density at radius 2 is 1.55 bits per heavy atom. The topological polar surface area (TPSA) is 148 Å². The van der Waals surface area contributed by atoms with Crippen molar-refractivity contribution in [1.82, 2.24) is 19.7 Å². The van der Waals surface area contributed by atoms with Gasteiger partial charge in [0.25, 0.3) is 0 Å². The van der Waals surface area contributed by atoms with Crippen molar-refractivity contribution in [3.8, 4) is 11.5 Å². The van der Waals surface area contributed by atoms with Gasteiger partial charge >= 0.3 is 6.03 Å². The second-order valence-corrected chi connectivity index (χ2v) is 14.8. The highest BCUT2D eigenvalue weighted by atomic mass is 19.1. The summed E-state index contributed by atoms with van der Waals surface area (Å²) in [6.07, 6.45) is 1.61. The van der Waals surface area contributed by atoms with Gasteiger partial charge in [0.2, 0.25) is 0 Å². The summed E-state index contributed by atoms with van der Waals surface area (Å²) >= 11 is 0. The normalized spacial score (nSPS) is 20.9. The summed E-state index contributed by atoms with van der Waals surface area (Å²) in [4.78, 5) is 25.7. The molecule has 5 aromatic rings. The van der Waals surface area contributed by atoms with Gasteiger partial charge in [0.05, 0.1) is 19.7 Å². The van der Waals surface area contributed by atoms with Crippen LogP contribution < -0.4 is 29.9 Å². The molecular weight excluding hydrogens is 749 g/mol. The van der Waals surface area contributed by atoms with Crippen molar-refractivity contribution in [2.75, 3.05) is 60.6 Å². The van der Waals surface area contributed by atoms with Crippen molar-refractivity contribution < 1.29 is 32.5 Å². The molecule has 4 aromatic carbocycles. The molecule has 3 aliphatic heterocycles. The second kappa shape index (κ2) is 16.3. The molecule has 3 N–H and O–H groups in total. The van der Waals surface area contributed by atoms with E-state index in [0.717, 1.165) is 49.3 Å². The minimum Gasteiger partial charge on any atom is -0.488 e. The quantitative estimate of drug-likeness (QED) is 0.115. The molecule has 4 heterocycles. The maximum absolute atomic E-state index is 15.0. The summed E-state index contributed by atoms with van der Waals surface area (Å²) < 4.78 is 54.7. The van der Waals surface area contributed by atoms with E-state index in [1.54, 1.807) is 34.1 Å². The number of ether oxygens (including phenoxy) is 4. The minimum absolute atomic E-state index is 0.0135. The van der Waals surface area contributed by atoms with Gasteiger partial charge in [0.15, 0.2) is 12.5 Å². The molecule has 0 aliphatic carbocycles. The summed E-state index contributed by atoms with van der Waals surface area (Å²) in [5.41, 5.74) is 8.08. The standard InChI is InChI=1S/C42H45F2N9O5/c1-28(2)53-38(57-35-12-3-29(4-13-35)40(45)46)22-52(41(53)54)33-8-6-31(7-9-33)49-17-19-50(20-18-49)32-10-14-34(15-11-32)55-23-39-56-25-42(58-39,24-51-27-47-26-48-51)36-16-5-30(43)21-37(36)44/h3-16,21,26-28,38-39H,17-20,22-25H2,1-2H3,(H3,45,46)/t38?,39-,42+/m0/s1. The van der Waals surface area contributed by atoms with Crippen LogP contribution in [0.3, 0.4) is 0 Å². The molecule has 1 aromatic heterocycles. The van der Waals surface area contributed by atoms with Gasteiger partial charge in [-0.25, -0.2) is 23.2 Å². The average Bonchev–Trinajstić information content (AvgIpc) is 3.97. The van der Waals surface area contributed by atoms with Crippen molar-refractivity contribution in [3.05, 3.63) is 126 Å². The first-order valence-corrected chi connectivity index (χ1v) is 19.2. The van der Waals surface area contributed by atoms with Crippen LogP contribution in [-0.4, -0.2) is 96.0 Å². The van der Waals surface area contributed by atoms with Crippen LogP contribution in [-0.2, 0) is 21.6 Å². The van der Waals surface area contributed by atoms with Crippen LogP contribution in [0.15, 0.2) is 104 Å². The Bertz CT molecular complexity index is 2200. The van der Waals surface area contributed by atoms with Gasteiger partial charge in [-0.15, -0.1) is 0 Å². The highest BCUT2D eigenvalue weighted by Crippen LogP contribution is 2.38. The molecular formula is C42H45F2N9O5. The number of hydrogen-bond acceptors (Lipinski definition) is 10. The van der Waals surface area contributed by atoms with E-state index in [0.29, 0.717) is 23.6 Å². The Morgan fingerprint density at radius 3 is 2.16 bits per heavy atom. The number of halogens is 2. The molecule has 8 rings (SSSR count). The van der Waals surface area contributed by atoms with Gasteiger partial charge in [-0.3, -0.25) is 15.2 Å². The predicted octanol–water partition coefficient (Wildman–Crippen LogP) is 5.57. The largest absolute Gasteiger partial charge is 0.488 e. The van der Waals surface area contributed by atoms with E-state index < -0.39 is 29.8 Å². The van der Waals surface area contributed by atoms with Crippen molar-refractivity contribution in [3.63, 3.8) is 0 Å². The Balaban J connectivity index is 0.833. The lowest BCUT2D eigenvalue weighted by molar-refractivity contribution is -0.117. The van der Waals surface area contributed by atoms with Gasteiger partial charge in [-0.2, -0.15) is 5.10 Å². The zero-order valence-corrected chi connectivity index (χ0v) is 32.2. The maximum atomic E-state index is 15.0. The first kappa shape index (κ1) is 38.6. The predicted molar refractivity (Wildman–Crippen MR) is 213 cm³/mol. The van der Waals surface area contributed by atoms with E-state index in [9.17, 15) is 13.6 Å². The molecule has 0 bridgehead atoms. The number of carbonyl (C=O) groups excluding carboxylic acids is 1. The number of amidine groups is 1. The minimum atomic E-state index is -1.25. The van der Waals surface area contributed by atoms with Crippen LogP contribution in [0.25, 0.3) is 0 Å². The zero-order chi connectivity index (χ0) is 40.4. The van der Waals surface area contributed by atoms with Crippen molar-refractivity contribution in [2.24, 2.45) is 5.73 Å². The number of piperazine rings is 1. The third kappa shape index (κ3) is 8.11. The fourth-order valence-corrected chi connectivity index (χ4v) is 7.68. The third-order valence-electron chi connectivity index (χ3n) is 10.7. The summed E-state index contributed by atoms with van der Waals surface area (Å²) in [6, 6.07) is 26.1. The number of benzene rings is 4. The maximum Gasteiger partial charge on any atom is 0.327 e. The number of carbonyl (C=O) groups is 1. The molecule has 58 heavy (non-hydrogen) atoms. The number of aromatic nitrogens is 3. The van der Waals surface area contributed by atoms with Crippen LogP contribution in [0.2, 0.25) is 0 Å². The first-order chi connectivity index (χ1) is 28.0. The summed E-state index contributed by atoms with van der Waals surface area (Å²) in [5, 5.41) is 11.8. The fourth-order valence-electron chi connectivity index (χ4n) is 7.68. The van der Waals surface area contributed by atoms with Gasteiger partial charge < -0.3 is 34.5 Å². The number of amides is 2. The smallest absolute Gasteiger partial charge is 0.327 e. The van der Waals surface area contributed by atoms with Gasteiger partial charge in [0.1, 0.15) is 53.8 Å². The van der Waals surface area contributed by atoms with E-state index in [1.165, 1.54) is 29.5 Å². The van der Waals surface area contributed by atoms with Crippen molar-refractivity contribution in [1.29, 1.82) is 5.41 Å². The summed E-state index contributed by atoms with van der Waals surface area (Å²) in [6.45, 7) is 7.80. The van der Waals surface area contributed by atoms with E-state index >= 15 is 0 Å². The summed E-state index contributed by atoms with van der Waals surface area (Å²) in [7, 11) is 0. The zero-order valence-electron chi connectivity index (χ0n) is 32.2. The molecule has 0 spiro atoms. The SMILES string of the molecule is CC(C)N1C(=O)N(c2ccc(N3CCN(c4ccc(OC[C@H]5OC[C@](Cn6cncn6)(c6ccc(F)cc6F)O5)cc4)CC3)cc2)CC1Oc1ccc(C(=N)N)cc1. The van der Waals surface area contributed by atoms with Crippen LogP contribution in [0, 0.1) is 17.0 Å². The van der Waals surface area contributed by atoms with Gasteiger partial charge in [-0.1, -0.05) is 6.07 Å². The number of hydrogen-bond donors (Lipinski definition) is 2. The Kier molecular flexibility index (Phi) is 10.9. The number of nitrogens with two attached hydrogens (primary N) is 1. The van der Waals surface area contributed by atoms with E-state index in [1.807, 2.05) is 50.2 Å². The summed E-state index contributed by atoms with van der Waals surface area (Å²) in [5.74, 6) is -0.191. The van der Waals surface area contributed by atoms with Gasteiger partial charge in [-0.05, 0) is 92.7 Å². The molecule has 16 heteroatoms. The molecule has 3 aliphatic rings. The van der Waals surface area contributed by atoms with E-state index in [2.05, 4.69) is 32.0 Å². The molecule has 2 amide bonds. The highest BCUT2D eigenvalue weighted by molar-refractivity contribution is 5.95. The molecule has 302 valence electrons. The lowest BCUT2D eigenvalue weighted by Gasteiger charge is -2.37.